The largest absolute Gasteiger partial charge is 0.354 e. The SMILES string of the molecule is CCN(CC)C(=O)N1CCC[C@@H](C(=O)NC[C@@H]2CCCN2C2CCCCC2)C1. The average molecular weight is 393 g/mol. The van der Waals surface area contributed by atoms with E-state index in [0.717, 1.165) is 45.1 Å². The van der Waals surface area contributed by atoms with Gasteiger partial charge in [-0.2, -0.15) is 0 Å². The summed E-state index contributed by atoms with van der Waals surface area (Å²) in [5.41, 5.74) is 0. The molecule has 1 aliphatic carbocycles. The molecule has 1 saturated carbocycles. The lowest BCUT2D eigenvalue weighted by Gasteiger charge is -2.37. The van der Waals surface area contributed by atoms with Crippen LogP contribution < -0.4 is 5.32 Å². The van der Waals surface area contributed by atoms with Crippen LogP contribution in [0.3, 0.4) is 0 Å². The molecule has 0 radical (unpaired) electrons. The predicted octanol–water partition coefficient (Wildman–Crippen LogP) is 3.07. The van der Waals surface area contributed by atoms with Gasteiger partial charge in [0.05, 0.1) is 5.92 Å². The highest BCUT2D eigenvalue weighted by molar-refractivity contribution is 5.81. The lowest BCUT2D eigenvalue weighted by Crippen LogP contribution is -2.51. The normalized spacial score (nSPS) is 27.0. The van der Waals surface area contributed by atoms with Crippen LogP contribution in [0.25, 0.3) is 0 Å². The van der Waals surface area contributed by atoms with Gasteiger partial charge in [0.25, 0.3) is 0 Å². The molecule has 6 nitrogen and oxygen atoms in total. The maximum absolute atomic E-state index is 12.8. The van der Waals surface area contributed by atoms with Gasteiger partial charge in [0.15, 0.2) is 0 Å². The van der Waals surface area contributed by atoms with Crippen molar-refractivity contribution in [2.75, 3.05) is 39.3 Å². The predicted molar refractivity (Wildman–Crippen MR) is 112 cm³/mol. The van der Waals surface area contributed by atoms with Gasteiger partial charge < -0.3 is 15.1 Å². The van der Waals surface area contributed by atoms with Crippen LogP contribution in [0, 0.1) is 5.92 Å². The third kappa shape index (κ3) is 5.19. The van der Waals surface area contributed by atoms with Crippen molar-refractivity contribution in [2.24, 2.45) is 5.92 Å². The standard InChI is InChI=1S/C22H40N4O2/c1-3-24(4-2)22(28)25-14-8-10-18(17-25)21(27)23-16-20-13-9-15-26(20)19-11-6-5-7-12-19/h18-20H,3-17H2,1-2H3,(H,23,27)/t18-,20+/m1/s1. The van der Waals surface area contributed by atoms with Gasteiger partial charge in [-0.15, -0.1) is 0 Å². The molecule has 2 aliphatic heterocycles. The molecule has 3 aliphatic rings. The summed E-state index contributed by atoms with van der Waals surface area (Å²) < 4.78 is 0. The van der Waals surface area contributed by atoms with Gasteiger partial charge in [-0.1, -0.05) is 19.3 Å². The van der Waals surface area contributed by atoms with E-state index in [0.29, 0.717) is 12.6 Å². The molecule has 6 heteroatoms. The number of nitrogens with zero attached hydrogens (tertiary/aromatic N) is 3. The van der Waals surface area contributed by atoms with Crippen molar-refractivity contribution in [1.29, 1.82) is 0 Å². The Kier molecular flexibility index (Phi) is 8.00. The molecule has 0 aromatic carbocycles. The fourth-order valence-electron chi connectivity index (χ4n) is 5.39. The Morgan fingerprint density at radius 2 is 1.64 bits per heavy atom. The number of piperidine rings is 1. The molecule has 0 bridgehead atoms. The van der Waals surface area contributed by atoms with E-state index < -0.39 is 0 Å². The van der Waals surface area contributed by atoms with Crippen LogP contribution in [0.5, 0.6) is 0 Å². The van der Waals surface area contributed by atoms with E-state index in [1.807, 2.05) is 23.6 Å². The Balaban J connectivity index is 1.48. The van der Waals surface area contributed by atoms with Crippen molar-refractivity contribution >= 4 is 11.9 Å². The van der Waals surface area contributed by atoms with Crippen LogP contribution in [0.1, 0.15) is 71.6 Å². The minimum Gasteiger partial charge on any atom is -0.354 e. The highest BCUT2D eigenvalue weighted by Gasteiger charge is 2.33. The zero-order chi connectivity index (χ0) is 19.9. The lowest BCUT2D eigenvalue weighted by atomic mass is 9.93. The first-order valence-electron chi connectivity index (χ1n) is 11.7. The Labute approximate surface area is 171 Å². The Bertz CT molecular complexity index is 517. The number of nitrogens with one attached hydrogen (secondary N) is 1. The molecule has 0 unspecified atom stereocenters. The van der Waals surface area contributed by atoms with Gasteiger partial charge in [-0.25, -0.2) is 4.79 Å². The summed E-state index contributed by atoms with van der Waals surface area (Å²) in [7, 11) is 0. The first-order chi connectivity index (χ1) is 13.6. The summed E-state index contributed by atoms with van der Waals surface area (Å²) in [6.07, 6.45) is 11.0. The molecule has 3 fully saturated rings. The van der Waals surface area contributed by atoms with Gasteiger partial charge in [-0.05, 0) is 58.9 Å². The first-order valence-corrected chi connectivity index (χ1v) is 11.7. The Hall–Kier alpha value is -1.30. The quantitative estimate of drug-likeness (QED) is 0.756. The molecule has 28 heavy (non-hydrogen) atoms. The molecule has 2 heterocycles. The number of hydrogen-bond acceptors (Lipinski definition) is 3. The van der Waals surface area contributed by atoms with Gasteiger partial charge in [0.1, 0.15) is 0 Å². The molecule has 0 aromatic rings. The van der Waals surface area contributed by atoms with Crippen LogP contribution in [0.15, 0.2) is 0 Å². The minimum atomic E-state index is -0.0576. The van der Waals surface area contributed by atoms with Gasteiger partial charge in [-0.3, -0.25) is 9.69 Å². The molecular formula is C22H40N4O2. The van der Waals surface area contributed by atoms with Crippen LogP contribution >= 0.6 is 0 Å². The van der Waals surface area contributed by atoms with E-state index in [1.165, 1.54) is 51.5 Å². The second kappa shape index (κ2) is 10.5. The van der Waals surface area contributed by atoms with E-state index in [9.17, 15) is 9.59 Å². The number of urea groups is 1. The van der Waals surface area contributed by atoms with Crippen molar-refractivity contribution in [3.05, 3.63) is 0 Å². The monoisotopic (exact) mass is 392 g/mol. The summed E-state index contributed by atoms with van der Waals surface area (Å²) >= 11 is 0. The van der Waals surface area contributed by atoms with E-state index in [2.05, 4.69) is 10.2 Å². The van der Waals surface area contributed by atoms with Gasteiger partial charge in [0.2, 0.25) is 5.91 Å². The topological polar surface area (TPSA) is 55.9 Å². The summed E-state index contributed by atoms with van der Waals surface area (Å²) in [6.45, 7) is 8.78. The van der Waals surface area contributed by atoms with E-state index in [-0.39, 0.29) is 17.9 Å². The van der Waals surface area contributed by atoms with Crippen LogP contribution in [0.4, 0.5) is 4.79 Å². The molecule has 2 atom stereocenters. The second-order valence-corrected chi connectivity index (χ2v) is 8.81. The average Bonchev–Trinajstić information content (AvgIpc) is 3.22. The fourth-order valence-corrected chi connectivity index (χ4v) is 5.39. The Morgan fingerprint density at radius 3 is 2.36 bits per heavy atom. The van der Waals surface area contributed by atoms with Crippen LogP contribution in [-0.4, -0.2) is 78.0 Å². The third-order valence-electron chi connectivity index (χ3n) is 7.07. The molecule has 160 valence electrons. The molecule has 0 spiro atoms. The highest BCUT2D eigenvalue weighted by atomic mass is 16.2. The van der Waals surface area contributed by atoms with Crippen molar-refractivity contribution in [3.8, 4) is 0 Å². The van der Waals surface area contributed by atoms with Gasteiger partial charge in [0, 0.05) is 44.8 Å². The smallest absolute Gasteiger partial charge is 0.320 e. The number of carbonyl (C=O) groups is 2. The molecule has 2 saturated heterocycles. The molecule has 3 amide bonds. The number of rotatable bonds is 6. The van der Waals surface area contributed by atoms with Crippen molar-refractivity contribution in [2.45, 2.75) is 83.7 Å². The van der Waals surface area contributed by atoms with Gasteiger partial charge >= 0.3 is 6.03 Å². The van der Waals surface area contributed by atoms with Crippen LogP contribution in [-0.2, 0) is 4.79 Å². The number of amides is 3. The summed E-state index contributed by atoms with van der Waals surface area (Å²) in [5.74, 6) is 0.0883. The summed E-state index contributed by atoms with van der Waals surface area (Å²) in [4.78, 5) is 31.9. The molecule has 1 N–H and O–H groups in total. The number of carbonyl (C=O) groups excluding carboxylic acids is 2. The molecular weight excluding hydrogens is 352 g/mol. The molecule has 3 rings (SSSR count). The third-order valence-corrected chi connectivity index (χ3v) is 7.07. The van der Waals surface area contributed by atoms with E-state index in [1.54, 1.807) is 0 Å². The zero-order valence-corrected chi connectivity index (χ0v) is 18.0. The van der Waals surface area contributed by atoms with Crippen molar-refractivity contribution < 1.29 is 9.59 Å². The molecule has 0 aromatic heterocycles. The lowest BCUT2D eigenvalue weighted by molar-refractivity contribution is -0.126. The van der Waals surface area contributed by atoms with Crippen molar-refractivity contribution in [3.63, 3.8) is 0 Å². The zero-order valence-electron chi connectivity index (χ0n) is 18.0. The summed E-state index contributed by atoms with van der Waals surface area (Å²) in [6, 6.07) is 1.32. The summed E-state index contributed by atoms with van der Waals surface area (Å²) in [5, 5.41) is 3.25. The maximum Gasteiger partial charge on any atom is 0.320 e. The van der Waals surface area contributed by atoms with Crippen LogP contribution in [0.2, 0.25) is 0 Å². The highest BCUT2D eigenvalue weighted by Crippen LogP contribution is 2.29. The minimum absolute atomic E-state index is 0.0576. The maximum atomic E-state index is 12.8. The van der Waals surface area contributed by atoms with E-state index >= 15 is 0 Å². The first kappa shape index (κ1) is 21.4. The number of likely N-dealkylation sites (tertiary alicyclic amines) is 2. The Morgan fingerprint density at radius 1 is 0.929 bits per heavy atom. The van der Waals surface area contributed by atoms with E-state index in [4.69, 9.17) is 0 Å². The fraction of sp³-hybridized carbons (Fsp3) is 0.909. The number of hydrogen-bond donors (Lipinski definition) is 1. The van der Waals surface area contributed by atoms with Crippen molar-refractivity contribution in [1.82, 2.24) is 20.0 Å². The second-order valence-electron chi connectivity index (χ2n) is 8.81.